The maximum Gasteiger partial charge on any atom is 0.231 e. The van der Waals surface area contributed by atoms with Crippen LogP contribution >= 0.6 is 39.5 Å². The molecular weight excluding hydrogens is 446 g/mol. The number of hydrogen-bond acceptors (Lipinski definition) is 5. The van der Waals surface area contributed by atoms with Crippen LogP contribution in [0.4, 0.5) is 5.69 Å². The van der Waals surface area contributed by atoms with Gasteiger partial charge in [0, 0.05) is 32.7 Å². The number of rotatable bonds is 3. The maximum absolute atomic E-state index is 5.72. The minimum Gasteiger partial charge on any atom is -0.454 e. The third kappa shape index (κ3) is 2.97. The van der Waals surface area contributed by atoms with E-state index in [2.05, 4.69) is 42.6 Å². The average molecular weight is 460 g/mol. The van der Waals surface area contributed by atoms with Crippen molar-refractivity contribution in [3.05, 3.63) is 69.1 Å². The third-order valence-electron chi connectivity index (χ3n) is 4.61. The maximum atomic E-state index is 5.72. The fourth-order valence-corrected chi connectivity index (χ4v) is 5.36. The van der Waals surface area contributed by atoms with Gasteiger partial charge in [-0.15, -0.1) is 11.3 Å². The van der Waals surface area contributed by atoms with Crippen LogP contribution in [0.25, 0.3) is 0 Å². The fraction of sp³-hybridized carbons (Fsp3) is 0.158. The van der Waals surface area contributed by atoms with Gasteiger partial charge in [-0.2, -0.15) is 0 Å². The lowest BCUT2D eigenvalue weighted by Crippen LogP contribution is -2.29. The molecule has 0 bridgehead atoms. The number of nitrogens with one attached hydrogen (secondary N) is 1. The highest BCUT2D eigenvalue weighted by molar-refractivity contribution is 9.10. The Kier molecular flexibility index (Phi) is 4.26. The van der Waals surface area contributed by atoms with E-state index in [4.69, 9.17) is 21.7 Å². The highest BCUT2D eigenvalue weighted by atomic mass is 79.9. The number of halogens is 1. The van der Waals surface area contributed by atoms with Gasteiger partial charge in [-0.1, -0.05) is 6.07 Å². The van der Waals surface area contributed by atoms with Crippen LogP contribution < -0.4 is 19.7 Å². The predicted octanol–water partition coefficient (Wildman–Crippen LogP) is 4.81. The molecule has 2 aliphatic rings. The molecular formula is C19H14BrN3O2S2. The van der Waals surface area contributed by atoms with Crippen molar-refractivity contribution in [2.45, 2.75) is 12.1 Å². The molecule has 3 aromatic rings. The Morgan fingerprint density at radius 2 is 2.07 bits per heavy atom. The van der Waals surface area contributed by atoms with Crippen molar-refractivity contribution in [1.29, 1.82) is 0 Å². The van der Waals surface area contributed by atoms with Gasteiger partial charge in [0.2, 0.25) is 6.79 Å². The molecule has 4 heterocycles. The smallest absolute Gasteiger partial charge is 0.231 e. The van der Waals surface area contributed by atoms with Crippen molar-refractivity contribution in [2.75, 3.05) is 11.7 Å². The van der Waals surface area contributed by atoms with E-state index < -0.39 is 0 Å². The van der Waals surface area contributed by atoms with Gasteiger partial charge in [0.25, 0.3) is 0 Å². The first-order valence-corrected chi connectivity index (χ1v) is 10.4. The minimum absolute atomic E-state index is 0.0101. The molecule has 2 atom stereocenters. The Morgan fingerprint density at radius 3 is 2.85 bits per heavy atom. The van der Waals surface area contributed by atoms with E-state index in [0.717, 1.165) is 27.4 Å². The average Bonchev–Trinajstić information content (AvgIpc) is 3.39. The second kappa shape index (κ2) is 6.78. The number of hydrogen-bond donors (Lipinski definition) is 1. The number of nitrogens with zero attached hydrogens (tertiary/aromatic N) is 2. The van der Waals surface area contributed by atoms with Crippen LogP contribution in [0.1, 0.15) is 22.7 Å². The van der Waals surface area contributed by atoms with E-state index in [0.29, 0.717) is 5.11 Å². The Morgan fingerprint density at radius 1 is 1.19 bits per heavy atom. The largest absolute Gasteiger partial charge is 0.454 e. The molecule has 136 valence electrons. The van der Waals surface area contributed by atoms with Gasteiger partial charge in [0.05, 0.1) is 17.8 Å². The lowest BCUT2D eigenvalue weighted by molar-refractivity contribution is 0.174. The first-order valence-electron chi connectivity index (χ1n) is 8.35. The van der Waals surface area contributed by atoms with Crippen LogP contribution in [0.2, 0.25) is 0 Å². The van der Waals surface area contributed by atoms with Crippen molar-refractivity contribution >= 4 is 50.3 Å². The minimum atomic E-state index is -0.0466. The number of anilines is 1. The van der Waals surface area contributed by atoms with Gasteiger partial charge < -0.3 is 19.7 Å². The molecule has 0 unspecified atom stereocenters. The number of benzene rings is 1. The third-order valence-corrected chi connectivity index (χ3v) is 6.69. The summed E-state index contributed by atoms with van der Waals surface area (Å²) in [5.74, 6) is 1.50. The number of thiophene rings is 1. The molecule has 27 heavy (non-hydrogen) atoms. The number of pyridine rings is 1. The summed E-state index contributed by atoms with van der Waals surface area (Å²) in [6.45, 7) is 0.249. The zero-order chi connectivity index (χ0) is 18.4. The summed E-state index contributed by atoms with van der Waals surface area (Å²) >= 11 is 11.0. The summed E-state index contributed by atoms with van der Waals surface area (Å²) in [4.78, 5) is 7.89. The zero-order valence-corrected chi connectivity index (χ0v) is 17.2. The summed E-state index contributed by atoms with van der Waals surface area (Å²) in [5, 5.41) is 6.21. The molecule has 0 amide bonds. The molecule has 0 radical (unpaired) electrons. The van der Waals surface area contributed by atoms with Crippen molar-refractivity contribution in [2.24, 2.45) is 0 Å². The molecule has 1 fully saturated rings. The molecule has 8 heteroatoms. The van der Waals surface area contributed by atoms with Gasteiger partial charge in [-0.25, -0.2) is 0 Å². The Balaban J connectivity index is 1.61. The number of aromatic nitrogens is 1. The van der Waals surface area contributed by atoms with Crippen molar-refractivity contribution in [3.63, 3.8) is 0 Å². The number of fused-ring (bicyclic) bond motifs is 1. The highest BCUT2D eigenvalue weighted by Crippen LogP contribution is 2.46. The zero-order valence-electron chi connectivity index (χ0n) is 14.0. The van der Waals surface area contributed by atoms with Gasteiger partial charge in [0.15, 0.2) is 16.6 Å². The topological polar surface area (TPSA) is 46.6 Å². The molecule has 0 saturated carbocycles. The van der Waals surface area contributed by atoms with E-state index >= 15 is 0 Å². The van der Waals surface area contributed by atoms with Crippen molar-refractivity contribution < 1.29 is 9.47 Å². The summed E-state index contributed by atoms with van der Waals surface area (Å²) in [5.41, 5.74) is 1.92. The van der Waals surface area contributed by atoms with Gasteiger partial charge in [-0.3, -0.25) is 4.98 Å². The van der Waals surface area contributed by atoms with Crippen molar-refractivity contribution in [3.8, 4) is 11.5 Å². The lowest BCUT2D eigenvalue weighted by Gasteiger charge is -2.27. The molecule has 5 nitrogen and oxygen atoms in total. The second-order valence-electron chi connectivity index (χ2n) is 6.20. The monoisotopic (exact) mass is 459 g/mol. The van der Waals surface area contributed by atoms with E-state index in [1.54, 1.807) is 11.3 Å². The van der Waals surface area contributed by atoms with Crippen LogP contribution in [0, 0.1) is 0 Å². The Bertz CT molecular complexity index is 1010. The van der Waals surface area contributed by atoms with E-state index in [1.807, 2.05) is 42.6 Å². The van der Waals surface area contributed by atoms with Crippen LogP contribution in [0.3, 0.4) is 0 Å². The van der Waals surface area contributed by atoms with Gasteiger partial charge >= 0.3 is 0 Å². The molecule has 1 saturated heterocycles. The van der Waals surface area contributed by atoms with Crippen molar-refractivity contribution in [1.82, 2.24) is 10.3 Å². The molecule has 0 spiro atoms. The molecule has 2 aromatic heterocycles. The summed E-state index contributed by atoms with van der Waals surface area (Å²) in [7, 11) is 0. The van der Waals surface area contributed by atoms with E-state index in [9.17, 15) is 0 Å². The first-order chi connectivity index (χ1) is 13.2. The van der Waals surface area contributed by atoms with Crippen LogP contribution in [-0.2, 0) is 0 Å². The first kappa shape index (κ1) is 17.0. The molecule has 1 N–H and O–H groups in total. The van der Waals surface area contributed by atoms with E-state index in [-0.39, 0.29) is 18.9 Å². The molecule has 0 aliphatic carbocycles. The Hall–Kier alpha value is -2.16. The standard InChI is InChI=1S/C19H14BrN3O2S2/c20-11-7-16(27-9-11)18-17(13-3-1-2-6-21-13)22-19(26)23(18)12-4-5-14-15(8-12)25-10-24-14/h1-9,17-18H,10H2,(H,22,26)/t17-,18-/m0/s1. The summed E-state index contributed by atoms with van der Waals surface area (Å²) in [6, 6.07) is 13.9. The molecule has 1 aromatic carbocycles. The fourth-order valence-electron chi connectivity index (χ4n) is 3.44. The summed E-state index contributed by atoms with van der Waals surface area (Å²) < 4.78 is 12.1. The number of ether oxygens (including phenoxy) is 2. The normalized spacial score (nSPS) is 20.8. The number of thiocarbonyl (C=S) groups is 1. The Labute approximate surface area is 174 Å². The second-order valence-corrected chi connectivity index (χ2v) is 8.45. The van der Waals surface area contributed by atoms with Crippen LogP contribution in [-0.4, -0.2) is 16.9 Å². The van der Waals surface area contributed by atoms with Crippen LogP contribution in [0.5, 0.6) is 11.5 Å². The SMILES string of the molecule is S=C1N[C@@H](c2ccccn2)[C@H](c2cc(Br)cs2)N1c1ccc2c(c1)OCO2. The van der Waals surface area contributed by atoms with E-state index in [1.165, 1.54) is 4.88 Å². The predicted molar refractivity (Wildman–Crippen MR) is 113 cm³/mol. The summed E-state index contributed by atoms with van der Waals surface area (Å²) in [6.07, 6.45) is 1.81. The molecule has 5 rings (SSSR count). The molecule has 2 aliphatic heterocycles. The lowest BCUT2D eigenvalue weighted by atomic mass is 10.0. The van der Waals surface area contributed by atoms with Gasteiger partial charge in [0.1, 0.15) is 0 Å². The van der Waals surface area contributed by atoms with Gasteiger partial charge in [-0.05, 0) is 58.5 Å². The quantitative estimate of drug-likeness (QED) is 0.566. The van der Waals surface area contributed by atoms with Crippen LogP contribution in [0.15, 0.2) is 58.5 Å². The highest BCUT2D eigenvalue weighted by Gasteiger charge is 2.41.